The maximum atomic E-state index is 11.5. The molecule has 1 amide bonds. The number of nitrogens with one attached hydrogen (secondary N) is 1. The van der Waals surface area contributed by atoms with Gasteiger partial charge in [0.1, 0.15) is 18.9 Å². The number of hydrogen-bond acceptors (Lipinski definition) is 6. The molecule has 98 valence electrons. The van der Waals surface area contributed by atoms with Gasteiger partial charge in [0.2, 0.25) is 0 Å². The van der Waals surface area contributed by atoms with Crippen LogP contribution in [0.1, 0.15) is 4.88 Å². The summed E-state index contributed by atoms with van der Waals surface area (Å²) in [5, 5.41) is 19.8. The minimum atomic E-state index is -0.573. The Balaban J connectivity index is 1.85. The van der Waals surface area contributed by atoms with Gasteiger partial charge < -0.3 is 0 Å². The quantitative estimate of drug-likeness (QED) is 0.501. The first-order chi connectivity index (χ1) is 9.15. The average molecular weight is 279 g/mol. The summed E-state index contributed by atoms with van der Waals surface area (Å²) < 4.78 is 1.17. The maximum absolute atomic E-state index is 11.5. The molecule has 0 unspecified atom stereocenters. The van der Waals surface area contributed by atoms with E-state index in [2.05, 4.69) is 15.6 Å². The first-order valence-corrected chi connectivity index (χ1v) is 6.05. The van der Waals surface area contributed by atoms with Crippen LogP contribution >= 0.6 is 11.3 Å². The fourth-order valence-corrected chi connectivity index (χ4v) is 1.83. The van der Waals surface area contributed by atoms with Gasteiger partial charge in [0.25, 0.3) is 5.91 Å². The molecule has 2 aromatic rings. The van der Waals surface area contributed by atoms with Crippen molar-refractivity contribution in [2.75, 3.05) is 0 Å². The lowest BCUT2D eigenvalue weighted by atomic mass is 10.5. The van der Waals surface area contributed by atoms with Gasteiger partial charge >= 0.3 is 5.69 Å². The third-order valence-electron chi connectivity index (χ3n) is 2.06. The normalized spacial score (nSPS) is 10.7. The van der Waals surface area contributed by atoms with E-state index in [9.17, 15) is 14.9 Å². The highest BCUT2D eigenvalue weighted by atomic mass is 32.1. The molecule has 0 aliphatic heterocycles. The summed E-state index contributed by atoms with van der Waals surface area (Å²) in [6, 6.07) is 3.73. The van der Waals surface area contributed by atoms with Gasteiger partial charge in [-0.1, -0.05) is 6.07 Å². The van der Waals surface area contributed by atoms with Gasteiger partial charge in [0, 0.05) is 4.88 Å². The summed E-state index contributed by atoms with van der Waals surface area (Å²) in [4.78, 5) is 22.2. The number of carbonyl (C=O) groups excluding carboxylic acids is 1. The van der Waals surface area contributed by atoms with Crippen molar-refractivity contribution in [3.05, 3.63) is 44.9 Å². The predicted octanol–water partition coefficient (Wildman–Crippen LogP) is 1.00. The van der Waals surface area contributed by atoms with E-state index in [1.165, 1.54) is 28.4 Å². The smallest absolute Gasteiger partial charge is 0.271 e. The minimum absolute atomic E-state index is 0.129. The predicted molar refractivity (Wildman–Crippen MR) is 68.9 cm³/mol. The van der Waals surface area contributed by atoms with E-state index in [0.29, 0.717) is 0 Å². The van der Waals surface area contributed by atoms with Crippen LogP contribution in [0.2, 0.25) is 0 Å². The Bertz CT molecular complexity index is 604. The molecular weight excluding hydrogens is 270 g/mol. The largest absolute Gasteiger partial charge is 0.307 e. The molecule has 2 aromatic heterocycles. The molecule has 8 nitrogen and oxygen atoms in total. The Hall–Kier alpha value is -2.55. The molecule has 0 saturated carbocycles. The van der Waals surface area contributed by atoms with Gasteiger partial charge in [0.05, 0.1) is 11.1 Å². The van der Waals surface area contributed by atoms with Gasteiger partial charge in [-0.05, 0) is 11.4 Å². The Morgan fingerprint density at radius 2 is 2.53 bits per heavy atom. The standard InChI is InChI=1S/C10H9N5O3S/c16-10(13-11-5-9-2-1-3-19-9)7-14-6-8(4-12-14)15(17)18/h1-6H,7H2,(H,13,16). The zero-order chi connectivity index (χ0) is 13.7. The number of amides is 1. The molecule has 0 spiro atoms. The number of hydrogen-bond donors (Lipinski definition) is 1. The van der Waals surface area contributed by atoms with E-state index in [0.717, 1.165) is 11.1 Å². The second-order valence-corrected chi connectivity index (χ2v) is 4.44. The van der Waals surface area contributed by atoms with Crippen LogP contribution in [-0.2, 0) is 11.3 Å². The lowest BCUT2D eigenvalue weighted by Gasteiger charge is -1.98. The van der Waals surface area contributed by atoms with Gasteiger partial charge in [-0.2, -0.15) is 10.2 Å². The number of thiophene rings is 1. The van der Waals surface area contributed by atoms with Crippen LogP contribution < -0.4 is 5.43 Å². The fraction of sp³-hybridized carbons (Fsp3) is 0.100. The van der Waals surface area contributed by atoms with Crippen molar-refractivity contribution in [1.82, 2.24) is 15.2 Å². The van der Waals surface area contributed by atoms with Gasteiger partial charge in [-0.15, -0.1) is 11.3 Å². The summed E-state index contributed by atoms with van der Waals surface area (Å²) >= 11 is 1.49. The molecule has 19 heavy (non-hydrogen) atoms. The van der Waals surface area contributed by atoms with Crippen molar-refractivity contribution in [2.45, 2.75) is 6.54 Å². The molecule has 2 heterocycles. The molecule has 0 radical (unpaired) electrons. The van der Waals surface area contributed by atoms with Crippen molar-refractivity contribution in [3.8, 4) is 0 Å². The number of hydrazone groups is 1. The lowest BCUT2D eigenvalue weighted by molar-refractivity contribution is -0.385. The fourth-order valence-electron chi connectivity index (χ4n) is 1.25. The van der Waals surface area contributed by atoms with E-state index in [1.54, 1.807) is 0 Å². The summed E-state index contributed by atoms with van der Waals surface area (Å²) in [6.45, 7) is -0.129. The van der Waals surface area contributed by atoms with Gasteiger partial charge in [-0.25, -0.2) is 5.43 Å². The molecule has 0 aliphatic rings. The first-order valence-electron chi connectivity index (χ1n) is 5.17. The molecule has 0 fully saturated rings. The Morgan fingerprint density at radius 3 is 3.16 bits per heavy atom. The molecular formula is C10H9N5O3S. The van der Waals surface area contributed by atoms with Crippen LogP contribution in [0.15, 0.2) is 35.0 Å². The van der Waals surface area contributed by atoms with Crippen molar-refractivity contribution in [3.63, 3.8) is 0 Å². The number of nitrogens with zero attached hydrogens (tertiary/aromatic N) is 4. The number of nitro groups is 1. The van der Waals surface area contributed by atoms with Crippen LogP contribution in [0.5, 0.6) is 0 Å². The second kappa shape index (κ2) is 5.87. The zero-order valence-electron chi connectivity index (χ0n) is 9.59. The molecule has 9 heteroatoms. The van der Waals surface area contributed by atoms with E-state index in [4.69, 9.17) is 0 Å². The molecule has 0 saturated heterocycles. The summed E-state index contributed by atoms with van der Waals surface area (Å²) in [5.41, 5.74) is 2.16. The Labute approximate surface area is 111 Å². The van der Waals surface area contributed by atoms with Crippen molar-refractivity contribution in [2.24, 2.45) is 5.10 Å². The lowest BCUT2D eigenvalue weighted by Crippen LogP contribution is -2.23. The van der Waals surface area contributed by atoms with E-state index in [-0.39, 0.29) is 12.2 Å². The second-order valence-electron chi connectivity index (χ2n) is 3.46. The van der Waals surface area contributed by atoms with E-state index < -0.39 is 10.8 Å². The molecule has 0 aromatic carbocycles. The summed E-state index contributed by atoms with van der Waals surface area (Å²) in [5.74, 6) is -0.411. The number of aromatic nitrogens is 2. The van der Waals surface area contributed by atoms with Crippen LogP contribution in [-0.4, -0.2) is 26.8 Å². The molecule has 1 N–H and O–H groups in total. The highest BCUT2D eigenvalue weighted by Gasteiger charge is 2.10. The van der Waals surface area contributed by atoms with Crippen LogP contribution in [0.4, 0.5) is 5.69 Å². The van der Waals surface area contributed by atoms with Gasteiger partial charge in [0.15, 0.2) is 0 Å². The highest BCUT2D eigenvalue weighted by molar-refractivity contribution is 7.11. The zero-order valence-corrected chi connectivity index (χ0v) is 10.4. The van der Waals surface area contributed by atoms with Crippen LogP contribution in [0.25, 0.3) is 0 Å². The summed E-state index contributed by atoms with van der Waals surface area (Å²) in [6.07, 6.45) is 3.79. The average Bonchev–Trinajstić information content (AvgIpc) is 3.00. The van der Waals surface area contributed by atoms with Crippen molar-refractivity contribution < 1.29 is 9.72 Å². The van der Waals surface area contributed by atoms with Crippen molar-refractivity contribution >= 4 is 29.1 Å². The number of rotatable bonds is 5. The minimum Gasteiger partial charge on any atom is -0.271 e. The Morgan fingerprint density at radius 1 is 1.68 bits per heavy atom. The maximum Gasteiger partial charge on any atom is 0.307 e. The Kier molecular flexibility index (Phi) is 3.98. The molecule has 2 rings (SSSR count). The molecule has 0 atom stereocenters. The van der Waals surface area contributed by atoms with E-state index in [1.807, 2.05) is 17.5 Å². The van der Waals surface area contributed by atoms with Crippen LogP contribution in [0.3, 0.4) is 0 Å². The third-order valence-corrected chi connectivity index (χ3v) is 2.87. The van der Waals surface area contributed by atoms with Crippen molar-refractivity contribution in [1.29, 1.82) is 0 Å². The first kappa shape index (κ1) is 12.9. The van der Waals surface area contributed by atoms with E-state index >= 15 is 0 Å². The topological polar surface area (TPSA) is 102 Å². The monoisotopic (exact) mass is 279 g/mol. The SMILES string of the molecule is O=C(Cn1cc([N+](=O)[O-])cn1)NN=Cc1cccs1. The third kappa shape index (κ3) is 3.71. The van der Waals surface area contributed by atoms with Gasteiger partial charge in [-0.3, -0.25) is 19.6 Å². The highest BCUT2D eigenvalue weighted by Crippen LogP contribution is 2.07. The summed E-state index contributed by atoms with van der Waals surface area (Å²) in [7, 11) is 0. The number of carbonyl (C=O) groups is 1. The molecule has 0 bridgehead atoms. The molecule has 0 aliphatic carbocycles. The van der Waals surface area contributed by atoms with Crippen LogP contribution in [0, 0.1) is 10.1 Å².